The van der Waals surface area contributed by atoms with E-state index >= 15 is 0 Å². The minimum atomic E-state index is -0.223. The van der Waals surface area contributed by atoms with E-state index in [-0.39, 0.29) is 17.6 Å². The third kappa shape index (κ3) is 2.90. The maximum Gasteiger partial charge on any atom is 0.323 e. The Bertz CT molecular complexity index is 1120. The van der Waals surface area contributed by atoms with Crippen LogP contribution in [0.25, 0.3) is 16.4 Å². The van der Waals surface area contributed by atoms with E-state index in [1.54, 1.807) is 0 Å². The van der Waals surface area contributed by atoms with Gasteiger partial charge >= 0.3 is 6.21 Å². The SMILES string of the molecule is CCc1cccc2c3c(n(C(=O)c4ccccc4)c12)CCC(C(=O)C=[N+]=[N-])C3. The highest BCUT2D eigenvalue weighted by molar-refractivity contribution is 6.26. The van der Waals surface area contributed by atoms with Gasteiger partial charge in [0.25, 0.3) is 5.91 Å². The van der Waals surface area contributed by atoms with Gasteiger partial charge in [-0.15, -0.1) is 0 Å². The van der Waals surface area contributed by atoms with Crippen LogP contribution in [0.3, 0.4) is 0 Å². The van der Waals surface area contributed by atoms with Crippen LogP contribution in [0.15, 0.2) is 48.5 Å². The monoisotopic (exact) mass is 371 g/mol. The number of rotatable bonds is 4. The third-order valence-electron chi connectivity index (χ3n) is 5.66. The molecule has 0 fully saturated rings. The second-order valence-electron chi connectivity index (χ2n) is 7.19. The summed E-state index contributed by atoms with van der Waals surface area (Å²) in [5, 5.41) is 1.04. The van der Waals surface area contributed by atoms with Crippen LogP contribution in [0.5, 0.6) is 0 Å². The van der Waals surface area contributed by atoms with Crippen LogP contribution < -0.4 is 0 Å². The molecular formula is C23H21N3O2. The van der Waals surface area contributed by atoms with Crippen molar-refractivity contribution >= 4 is 28.8 Å². The summed E-state index contributed by atoms with van der Waals surface area (Å²) in [7, 11) is 0. The number of ketones is 1. The Morgan fingerprint density at radius 1 is 1.18 bits per heavy atom. The Kier molecular flexibility index (Phi) is 4.76. The molecule has 0 spiro atoms. The Labute approximate surface area is 163 Å². The van der Waals surface area contributed by atoms with E-state index < -0.39 is 0 Å². The number of carbonyl (C=O) groups is 2. The first-order valence-electron chi connectivity index (χ1n) is 9.60. The lowest BCUT2D eigenvalue weighted by Crippen LogP contribution is -2.25. The zero-order valence-corrected chi connectivity index (χ0v) is 15.8. The molecule has 4 rings (SSSR count). The first kappa shape index (κ1) is 18.1. The smallest absolute Gasteiger partial charge is 0.323 e. The summed E-state index contributed by atoms with van der Waals surface area (Å²) >= 11 is 0. The fraction of sp³-hybridized carbons (Fsp3) is 0.261. The van der Waals surface area contributed by atoms with Gasteiger partial charge in [0.1, 0.15) is 0 Å². The van der Waals surface area contributed by atoms with E-state index in [9.17, 15) is 9.59 Å². The van der Waals surface area contributed by atoms with Gasteiger partial charge in [-0.1, -0.05) is 43.3 Å². The minimum Gasteiger partial charge on any atom is -0.361 e. The first-order chi connectivity index (χ1) is 13.7. The molecule has 0 aliphatic heterocycles. The van der Waals surface area contributed by atoms with Crippen molar-refractivity contribution in [2.24, 2.45) is 5.92 Å². The van der Waals surface area contributed by atoms with Crippen LogP contribution in [0.1, 0.15) is 40.5 Å². The number of aromatic nitrogens is 1. The predicted molar refractivity (Wildman–Crippen MR) is 108 cm³/mol. The number of carbonyl (C=O) groups excluding carboxylic acids is 2. The molecule has 140 valence electrons. The van der Waals surface area contributed by atoms with Gasteiger partial charge in [-0.3, -0.25) is 14.2 Å². The van der Waals surface area contributed by atoms with Gasteiger partial charge in [0, 0.05) is 22.6 Å². The lowest BCUT2D eigenvalue weighted by Gasteiger charge is -2.20. The van der Waals surface area contributed by atoms with E-state index in [1.807, 2.05) is 47.0 Å². The molecule has 1 atom stereocenters. The maximum absolute atomic E-state index is 13.4. The summed E-state index contributed by atoms with van der Waals surface area (Å²) < 4.78 is 1.86. The van der Waals surface area contributed by atoms with Crippen molar-refractivity contribution in [3.8, 4) is 0 Å². The summed E-state index contributed by atoms with van der Waals surface area (Å²) in [6, 6.07) is 15.4. The second-order valence-corrected chi connectivity index (χ2v) is 7.19. The molecule has 0 saturated heterocycles. The highest BCUT2D eigenvalue weighted by Crippen LogP contribution is 2.36. The zero-order valence-electron chi connectivity index (χ0n) is 15.8. The number of fused-ring (bicyclic) bond motifs is 3. The summed E-state index contributed by atoms with van der Waals surface area (Å²) in [6.07, 6.45) is 3.64. The molecule has 0 bridgehead atoms. The second kappa shape index (κ2) is 7.37. The summed E-state index contributed by atoms with van der Waals surface area (Å²) in [6.45, 7) is 2.09. The van der Waals surface area contributed by atoms with Gasteiger partial charge in [-0.05, 0) is 48.9 Å². The number of hydrogen-bond acceptors (Lipinski definition) is 2. The van der Waals surface area contributed by atoms with Crippen LogP contribution >= 0.6 is 0 Å². The van der Waals surface area contributed by atoms with E-state index in [1.165, 1.54) is 0 Å². The van der Waals surface area contributed by atoms with Crippen molar-refractivity contribution in [2.45, 2.75) is 32.6 Å². The van der Waals surface area contributed by atoms with Crippen molar-refractivity contribution in [3.63, 3.8) is 0 Å². The van der Waals surface area contributed by atoms with Crippen molar-refractivity contribution in [1.29, 1.82) is 0 Å². The Balaban J connectivity index is 1.92. The molecule has 1 aliphatic rings. The van der Waals surface area contributed by atoms with E-state index in [2.05, 4.69) is 17.8 Å². The van der Waals surface area contributed by atoms with Crippen LogP contribution in [-0.4, -0.2) is 27.3 Å². The number of aryl methyl sites for hydroxylation is 1. The maximum atomic E-state index is 13.4. The fourth-order valence-electron chi connectivity index (χ4n) is 4.30. The van der Waals surface area contributed by atoms with Gasteiger partial charge < -0.3 is 5.53 Å². The van der Waals surface area contributed by atoms with E-state index in [4.69, 9.17) is 5.53 Å². The van der Waals surface area contributed by atoms with Crippen LogP contribution in [0.4, 0.5) is 0 Å². The average molecular weight is 371 g/mol. The average Bonchev–Trinajstić information content (AvgIpc) is 3.08. The molecule has 5 heteroatoms. The van der Waals surface area contributed by atoms with Crippen LogP contribution in [0.2, 0.25) is 0 Å². The molecule has 2 aromatic carbocycles. The van der Waals surface area contributed by atoms with E-state index in [0.717, 1.165) is 40.4 Å². The molecule has 1 aromatic heterocycles. The standard InChI is InChI=1S/C23H21N3O2/c1-2-15-9-6-10-18-19-13-17(21(27)14-25-24)11-12-20(19)26(22(15)18)23(28)16-7-4-3-5-8-16/h3-10,14,17H,2,11-13H2,1H3. The van der Waals surface area contributed by atoms with Crippen molar-refractivity contribution in [2.75, 3.05) is 0 Å². The molecule has 3 aromatic rings. The third-order valence-corrected chi connectivity index (χ3v) is 5.66. The van der Waals surface area contributed by atoms with Gasteiger partial charge in [0.15, 0.2) is 0 Å². The molecule has 0 amide bonds. The normalized spacial score (nSPS) is 15.7. The van der Waals surface area contributed by atoms with Crippen molar-refractivity contribution in [3.05, 3.63) is 76.4 Å². The minimum absolute atomic E-state index is 0.0329. The summed E-state index contributed by atoms with van der Waals surface area (Å²) in [5.74, 6) is -0.427. The Hall–Kier alpha value is -3.30. The molecule has 0 radical (unpaired) electrons. The van der Waals surface area contributed by atoms with Gasteiger partial charge in [0.2, 0.25) is 5.78 Å². The summed E-state index contributed by atoms with van der Waals surface area (Å²) in [4.78, 5) is 28.6. The zero-order chi connectivity index (χ0) is 19.7. The lowest BCUT2D eigenvalue weighted by molar-refractivity contribution is -0.119. The highest BCUT2D eigenvalue weighted by Gasteiger charge is 2.32. The number of benzene rings is 2. The summed E-state index contributed by atoms with van der Waals surface area (Å²) in [5.41, 5.74) is 13.5. The van der Waals surface area contributed by atoms with Crippen LogP contribution in [-0.2, 0) is 24.1 Å². The largest absolute Gasteiger partial charge is 0.361 e. The molecule has 1 unspecified atom stereocenters. The molecular weight excluding hydrogens is 350 g/mol. The number of hydrogen-bond donors (Lipinski definition) is 0. The quantitative estimate of drug-likeness (QED) is 0.397. The van der Waals surface area contributed by atoms with Gasteiger partial charge in [-0.2, -0.15) is 4.79 Å². The first-order valence-corrected chi connectivity index (χ1v) is 9.60. The molecule has 0 N–H and O–H groups in total. The number of para-hydroxylation sites is 1. The van der Waals surface area contributed by atoms with Crippen molar-refractivity contribution < 1.29 is 14.4 Å². The molecule has 1 aliphatic carbocycles. The number of Topliss-reactive ketones (excluding diaryl/α,β-unsaturated/α-hetero) is 1. The lowest BCUT2D eigenvalue weighted by atomic mass is 9.84. The molecule has 28 heavy (non-hydrogen) atoms. The van der Waals surface area contributed by atoms with Crippen molar-refractivity contribution in [1.82, 2.24) is 4.57 Å². The topological polar surface area (TPSA) is 75.5 Å². The highest BCUT2D eigenvalue weighted by atomic mass is 16.2. The Morgan fingerprint density at radius 3 is 2.68 bits per heavy atom. The molecule has 1 heterocycles. The fourth-order valence-corrected chi connectivity index (χ4v) is 4.30. The molecule has 0 saturated carbocycles. The molecule has 5 nitrogen and oxygen atoms in total. The van der Waals surface area contributed by atoms with Gasteiger partial charge in [0.05, 0.1) is 5.52 Å². The van der Waals surface area contributed by atoms with Crippen LogP contribution in [0, 0.1) is 5.92 Å². The number of nitrogens with zero attached hydrogens (tertiary/aromatic N) is 3. The van der Waals surface area contributed by atoms with Gasteiger partial charge in [-0.25, -0.2) is 0 Å². The Morgan fingerprint density at radius 2 is 1.96 bits per heavy atom. The van der Waals surface area contributed by atoms with E-state index in [0.29, 0.717) is 24.8 Å². The predicted octanol–water partition coefficient (Wildman–Crippen LogP) is 3.87.